The Balaban J connectivity index is -0.0000000731. The fraction of sp³-hybridized carbons (Fsp3) is 1.00. The van der Waals surface area contributed by atoms with Crippen LogP contribution in [0.25, 0.3) is 4.13 Å². The van der Waals surface area contributed by atoms with Gasteiger partial charge in [-0.1, -0.05) is 6.92 Å². The van der Waals surface area contributed by atoms with E-state index in [1.165, 1.54) is 38.6 Å². The molecular weight excluding hydrogens is 1200 g/mol. The van der Waals surface area contributed by atoms with Crippen molar-refractivity contribution in [2.45, 2.75) is 42.0 Å². The molecule has 0 amide bonds. The summed E-state index contributed by atoms with van der Waals surface area (Å²) in [5, 5.41) is -4.66. The maximum Gasteiger partial charge on any atom is 1.00 e. The molecule has 0 radical (unpaired) electrons. The van der Waals surface area contributed by atoms with E-state index in [1.807, 2.05) is 0 Å². The van der Waals surface area contributed by atoms with Crippen molar-refractivity contribution in [3.63, 3.8) is 0 Å². The third kappa shape index (κ3) is 67.4. The summed E-state index contributed by atoms with van der Waals surface area (Å²) < 4.78 is 333. The van der Waals surface area contributed by atoms with Crippen LogP contribution in [0.4, 0.5) is 48.3 Å². The second-order valence-corrected chi connectivity index (χ2v) is 27.0. The fourth-order valence-electron chi connectivity index (χ4n) is 0.689. The van der Waals surface area contributed by atoms with E-state index in [2.05, 4.69) is 29.3 Å². The van der Waals surface area contributed by atoms with E-state index in [0.29, 0.717) is 14.0 Å². The van der Waals surface area contributed by atoms with Gasteiger partial charge in [-0.3, -0.25) is 29.3 Å². The summed E-state index contributed by atoms with van der Waals surface area (Å²) in [4.78, 5) is 0. The van der Waals surface area contributed by atoms with Gasteiger partial charge in [0.2, 0.25) is 9.84 Å². The van der Waals surface area contributed by atoms with Gasteiger partial charge in [-0.05, 0) is 6.92 Å². The molecule has 0 heterocycles. The molecule has 0 bridgehead atoms. The smallest absolute Gasteiger partial charge is 0.423 e. The van der Waals surface area contributed by atoms with Gasteiger partial charge in [0.1, 0.15) is 19.9 Å². The maximum absolute atomic E-state index is 12.5. The topological polar surface area (TPSA) is 386 Å². The molecule has 0 spiro atoms. The number of nitrogens with zero attached hydrogens (tertiary/aromatic N) is 1. The summed E-state index contributed by atoms with van der Waals surface area (Å²) in [6.07, 6.45) is 4.50. The van der Waals surface area contributed by atoms with Gasteiger partial charge >= 0.3 is 62.1 Å². The average molecular weight is 1250 g/mol. The Morgan fingerprint density at radius 1 is 0.464 bits per heavy atom. The number of sulfone groups is 2. The molecular formula is C21H49F11LiNO25S10. The molecule has 26 nitrogen and oxygen atoms in total. The van der Waals surface area contributed by atoms with Crippen LogP contribution in [0.3, 0.4) is 0 Å². The van der Waals surface area contributed by atoms with Crippen molar-refractivity contribution < 1.29 is 172 Å². The van der Waals surface area contributed by atoms with Gasteiger partial charge in [-0.15, -0.1) is 0 Å². The SMILES string of the molecule is CCC(F)(F)S(=O)(=O)[N-]S(=O)(=O)C(F)(F)F.CCS(=O)(=O)OC.COS(=O)(=O)C(F)(F)F.COS(=O)OC.COS(C)(=O)=O.COS(C)(=O)=O.COS(C)=O.CS(=O)(=O)C(F)(F)F.CS(C)(=O)=O.[Li+]. The van der Waals surface area contributed by atoms with Crippen molar-refractivity contribution in [3.8, 4) is 0 Å². The largest absolute Gasteiger partial charge is 1.00 e. The summed E-state index contributed by atoms with van der Waals surface area (Å²) in [5.74, 6) is 0.0451. The van der Waals surface area contributed by atoms with Crippen LogP contribution in [0.5, 0.6) is 0 Å². The van der Waals surface area contributed by atoms with E-state index in [-0.39, 0.29) is 30.9 Å². The van der Waals surface area contributed by atoms with E-state index in [9.17, 15) is 124 Å². The summed E-state index contributed by atoms with van der Waals surface area (Å²) in [6.45, 7) is 2.17. The molecule has 0 saturated carbocycles. The van der Waals surface area contributed by atoms with E-state index in [1.54, 1.807) is 0 Å². The van der Waals surface area contributed by atoms with Gasteiger partial charge < -0.3 is 4.13 Å². The van der Waals surface area contributed by atoms with Crippen molar-refractivity contribution in [2.75, 3.05) is 93.1 Å². The molecule has 0 rings (SSSR count). The van der Waals surface area contributed by atoms with Crippen LogP contribution in [0.2, 0.25) is 0 Å². The minimum atomic E-state index is -6.49. The predicted molar refractivity (Wildman–Crippen MR) is 220 cm³/mol. The molecule has 0 saturated heterocycles. The fourth-order valence-corrected chi connectivity index (χ4v) is 3.42. The van der Waals surface area contributed by atoms with Crippen LogP contribution >= 0.6 is 0 Å². The molecule has 0 aromatic carbocycles. The summed E-state index contributed by atoms with van der Waals surface area (Å²) in [5.41, 5.74) is -16.4. The van der Waals surface area contributed by atoms with Crippen molar-refractivity contribution in [3.05, 3.63) is 4.13 Å². The van der Waals surface area contributed by atoms with Crippen LogP contribution in [0, 0.1) is 0 Å². The quantitative estimate of drug-likeness (QED) is 0.0899. The zero-order valence-corrected chi connectivity index (χ0v) is 46.5. The van der Waals surface area contributed by atoms with Crippen LogP contribution in [-0.4, -0.2) is 191 Å². The zero-order valence-electron chi connectivity index (χ0n) is 38.3. The van der Waals surface area contributed by atoms with Crippen molar-refractivity contribution in [1.29, 1.82) is 0 Å². The van der Waals surface area contributed by atoms with Gasteiger partial charge in [-0.25, -0.2) is 37.9 Å². The van der Waals surface area contributed by atoms with Gasteiger partial charge in [0.05, 0.1) is 68.0 Å². The Labute approximate surface area is 411 Å². The van der Waals surface area contributed by atoms with Gasteiger partial charge in [0, 0.05) is 31.4 Å². The van der Waals surface area contributed by atoms with E-state index >= 15 is 0 Å². The number of rotatable bonds is 12. The van der Waals surface area contributed by atoms with Gasteiger partial charge in [0.15, 0.2) is 21.1 Å². The third-order valence-corrected chi connectivity index (χ3v) is 12.4. The number of alkyl halides is 11. The molecule has 0 aromatic heterocycles. The maximum atomic E-state index is 12.5. The van der Waals surface area contributed by atoms with Gasteiger partial charge in [-0.2, -0.15) is 86.2 Å². The molecule has 0 aromatic rings. The van der Waals surface area contributed by atoms with E-state index in [4.69, 9.17) is 0 Å². The molecule has 0 fully saturated rings. The minimum Gasteiger partial charge on any atom is -0.423 e. The first-order valence-electron chi connectivity index (χ1n) is 14.8. The number of sulfonamides is 2. The second kappa shape index (κ2) is 38.9. The van der Waals surface area contributed by atoms with Gasteiger partial charge in [0.25, 0.3) is 30.4 Å². The third-order valence-electron chi connectivity index (χ3n) is 3.92. The summed E-state index contributed by atoms with van der Waals surface area (Å²) >= 11 is -2.61. The first kappa shape index (κ1) is 91.1. The Kier molecular flexibility index (Phi) is 51.4. The molecule has 0 aliphatic carbocycles. The Bertz CT molecular complexity index is 2290. The van der Waals surface area contributed by atoms with E-state index in [0.717, 1.165) is 46.4 Å². The number of hydrogen-bond donors (Lipinski definition) is 0. The Hall–Kier alpha value is -0.593. The van der Waals surface area contributed by atoms with Crippen molar-refractivity contribution in [2.24, 2.45) is 0 Å². The van der Waals surface area contributed by atoms with Crippen molar-refractivity contribution in [1.82, 2.24) is 0 Å². The van der Waals surface area contributed by atoms with Crippen LogP contribution in [0.15, 0.2) is 0 Å². The summed E-state index contributed by atoms with van der Waals surface area (Å²) in [7, 11) is -27.0. The van der Waals surface area contributed by atoms with Crippen LogP contribution < -0.4 is 18.9 Å². The van der Waals surface area contributed by atoms with Crippen molar-refractivity contribution >= 4 is 103 Å². The number of halogens is 11. The molecule has 0 N–H and O–H groups in total. The normalized spacial score (nSPS) is 12.9. The standard InChI is InChI=1S/C4H5F5NO4S2.C3H8O3S.C2H3F3O3S.C2H3F3O2S.3C2H6O3S.2C2H6O2S.Li/c1-2-3(5,6)15(11,12)10-16(13,14)4(7,8)9;1-3-7(4,5)6-2;1-8-9(6,7)2(3,4)5;1-8(6,7)2(3,4)5;2*1-5-6(2,3)4;1-4-6(3)5-2;1-5(2,3)4;1-4-5(2)3;/h2H2,1H3;3H2,1-2H3;1H3;1H3;3*1-2H3;2*1-2H3;/q-1;;;;;;;;;+1. The molecule has 69 heavy (non-hydrogen) atoms. The minimum absolute atomic E-state index is 0. The molecule has 1 unspecified atom stereocenters. The van der Waals surface area contributed by atoms with Crippen LogP contribution in [-0.2, 0) is 132 Å². The van der Waals surface area contributed by atoms with Crippen LogP contribution in [0.1, 0.15) is 20.3 Å². The first-order valence-corrected chi connectivity index (χ1v) is 31.0. The first-order chi connectivity index (χ1) is 29.1. The Morgan fingerprint density at radius 2 is 0.710 bits per heavy atom. The molecule has 426 valence electrons. The summed E-state index contributed by atoms with van der Waals surface area (Å²) in [6, 6.07) is 0. The molecule has 1 atom stereocenters. The second-order valence-electron chi connectivity index (χ2n) is 9.75. The number of hydrogen-bond acceptors (Lipinski definition) is 25. The molecule has 48 heteroatoms. The predicted octanol–water partition coefficient (Wildman–Crippen LogP) is -1.81. The molecule has 0 aliphatic rings. The van der Waals surface area contributed by atoms with E-state index < -0.39 is 131 Å². The Morgan fingerprint density at radius 3 is 0.768 bits per heavy atom. The average Bonchev–Trinajstić information content (AvgIpc) is 3.12. The zero-order chi connectivity index (χ0) is 58.2. The monoisotopic (exact) mass is 1250 g/mol. The molecule has 0 aliphatic heterocycles.